The van der Waals surface area contributed by atoms with Crippen LogP contribution in [0.15, 0.2) is 60.8 Å². The van der Waals surface area contributed by atoms with Crippen LogP contribution in [0, 0.1) is 0 Å². The lowest BCUT2D eigenvalue weighted by atomic mass is 10.0. The highest BCUT2D eigenvalue weighted by atomic mass is 16.6. The lowest BCUT2D eigenvalue weighted by Crippen LogP contribution is -2.30. The Bertz CT molecular complexity index is 1230. The van der Waals surface area contributed by atoms with E-state index in [1.54, 1.807) is 0 Å². The van der Waals surface area contributed by atoms with E-state index in [-0.39, 0.29) is 31.1 Å². The highest BCUT2D eigenvalue weighted by Crippen LogP contribution is 2.16. The SMILES string of the molecule is CC/C=C\C/C=C\C/C=C\C/C=C\CCCCCCCCCCCCCCC(=O)OCC(COC(=O)CCCCCCC/C=C\CCCCC)OC(=O)CCCCCCCCCCCCCCC. The highest BCUT2D eigenvalue weighted by Gasteiger charge is 2.19. The van der Waals surface area contributed by atoms with Crippen molar-refractivity contribution in [2.75, 3.05) is 13.2 Å². The monoisotopic (exact) mass is 951 g/mol. The summed E-state index contributed by atoms with van der Waals surface area (Å²) in [6, 6.07) is 0. The third kappa shape index (κ3) is 54.1. The average Bonchev–Trinajstić information content (AvgIpc) is 3.34. The second kappa shape index (κ2) is 56.7. The topological polar surface area (TPSA) is 78.9 Å². The van der Waals surface area contributed by atoms with Gasteiger partial charge < -0.3 is 14.2 Å². The molecule has 0 spiro atoms. The summed E-state index contributed by atoms with van der Waals surface area (Å²) in [5.41, 5.74) is 0. The summed E-state index contributed by atoms with van der Waals surface area (Å²) in [7, 11) is 0. The van der Waals surface area contributed by atoms with Crippen molar-refractivity contribution in [3.05, 3.63) is 60.8 Å². The molecule has 0 saturated carbocycles. The molecule has 1 unspecified atom stereocenters. The summed E-state index contributed by atoms with van der Waals surface area (Å²) in [4.78, 5) is 38.1. The van der Waals surface area contributed by atoms with Gasteiger partial charge in [0, 0.05) is 19.3 Å². The van der Waals surface area contributed by atoms with E-state index in [0.29, 0.717) is 19.3 Å². The molecule has 0 bridgehead atoms. The van der Waals surface area contributed by atoms with Crippen molar-refractivity contribution >= 4 is 17.9 Å². The first-order valence-corrected chi connectivity index (χ1v) is 29.3. The first-order valence-electron chi connectivity index (χ1n) is 29.3. The van der Waals surface area contributed by atoms with E-state index in [4.69, 9.17) is 14.2 Å². The van der Waals surface area contributed by atoms with Crippen molar-refractivity contribution in [2.45, 2.75) is 303 Å². The Morgan fingerprint density at radius 2 is 0.574 bits per heavy atom. The van der Waals surface area contributed by atoms with Crippen molar-refractivity contribution in [1.82, 2.24) is 0 Å². The van der Waals surface area contributed by atoms with E-state index in [0.717, 1.165) is 89.9 Å². The maximum absolute atomic E-state index is 12.8. The average molecular weight is 952 g/mol. The van der Waals surface area contributed by atoms with Gasteiger partial charge in [-0.3, -0.25) is 14.4 Å². The van der Waals surface area contributed by atoms with Crippen molar-refractivity contribution in [2.24, 2.45) is 0 Å². The summed E-state index contributed by atoms with van der Waals surface area (Å²) < 4.78 is 16.9. The number of hydrogen-bond acceptors (Lipinski definition) is 6. The standard InChI is InChI=1S/C62H110O6/c1-4-7-10-13-16-19-22-25-26-27-28-29-30-31-32-33-34-35-36-38-40-43-46-49-52-55-61(64)67-58-59(57-66-60(63)54-51-48-45-42-39-24-21-18-15-12-9-6-3)68-62(65)56-53-50-47-44-41-37-23-20-17-14-11-8-5-2/h7,10,16,18-19,21,25-26,28-29,59H,4-6,8-9,11-15,17,20,22-24,27,30-58H2,1-3H3/b10-7-,19-16-,21-18-,26-25-,29-28-. The predicted octanol–water partition coefficient (Wildman–Crippen LogP) is 19.6. The Kier molecular flexibility index (Phi) is 54.3. The fourth-order valence-corrected chi connectivity index (χ4v) is 8.37. The molecule has 0 saturated heterocycles. The van der Waals surface area contributed by atoms with E-state index in [1.807, 2.05) is 0 Å². The second-order valence-corrected chi connectivity index (χ2v) is 19.5. The summed E-state index contributed by atoms with van der Waals surface area (Å²) >= 11 is 0. The zero-order chi connectivity index (χ0) is 49.3. The zero-order valence-electron chi connectivity index (χ0n) is 45.1. The van der Waals surface area contributed by atoms with Crippen molar-refractivity contribution in [3.8, 4) is 0 Å². The molecule has 0 radical (unpaired) electrons. The molecular formula is C62H110O6. The summed E-state index contributed by atoms with van der Waals surface area (Å²) in [5, 5.41) is 0. The van der Waals surface area contributed by atoms with E-state index >= 15 is 0 Å². The van der Waals surface area contributed by atoms with Crippen LogP contribution < -0.4 is 0 Å². The maximum atomic E-state index is 12.8. The Labute approximate surface area is 421 Å². The van der Waals surface area contributed by atoms with E-state index in [9.17, 15) is 14.4 Å². The number of hydrogen-bond donors (Lipinski definition) is 0. The molecule has 6 nitrogen and oxygen atoms in total. The molecule has 0 fully saturated rings. The first kappa shape index (κ1) is 65.1. The van der Waals surface area contributed by atoms with Crippen LogP contribution in [0.5, 0.6) is 0 Å². The molecule has 0 N–H and O–H groups in total. The van der Waals surface area contributed by atoms with Crippen LogP contribution in [0.2, 0.25) is 0 Å². The van der Waals surface area contributed by atoms with Gasteiger partial charge in [-0.15, -0.1) is 0 Å². The molecule has 0 aromatic rings. The van der Waals surface area contributed by atoms with Gasteiger partial charge in [-0.25, -0.2) is 0 Å². The molecule has 0 aliphatic heterocycles. The molecule has 0 amide bonds. The van der Waals surface area contributed by atoms with Crippen LogP contribution in [0.4, 0.5) is 0 Å². The number of rotatable bonds is 53. The molecule has 0 aromatic heterocycles. The summed E-state index contributed by atoms with van der Waals surface area (Å²) in [6.07, 6.45) is 70.7. The van der Waals surface area contributed by atoms with E-state index in [2.05, 4.69) is 81.5 Å². The normalized spacial score (nSPS) is 12.5. The van der Waals surface area contributed by atoms with Crippen LogP contribution in [0.1, 0.15) is 297 Å². The van der Waals surface area contributed by atoms with Gasteiger partial charge >= 0.3 is 17.9 Å². The van der Waals surface area contributed by atoms with Crippen LogP contribution >= 0.6 is 0 Å². The number of esters is 3. The molecule has 0 aliphatic carbocycles. The van der Waals surface area contributed by atoms with Crippen molar-refractivity contribution in [3.63, 3.8) is 0 Å². The molecule has 0 aliphatic rings. The minimum Gasteiger partial charge on any atom is -0.462 e. The zero-order valence-corrected chi connectivity index (χ0v) is 45.1. The fourth-order valence-electron chi connectivity index (χ4n) is 8.37. The van der Waals surface area contributed by atoms with Crippen LogP contribution in [-0.4, -0.2) is 37.2 Å². The molecule has 0 rings (SSSR count). The molecule has 394 valence electrons. The van der Waals surface area contributed by atoms with Crippen LogP contribution in [0.25, 0.3) is 0 Å². The van der Waals surface area contributed by atoms with Crippen LogP contribution in [0.3, 0.4) is 0 Å². The smallest absolute Gasteiger partial charge is 0.306 e. The molecule has 1 atom stereocenters. The Morgan fingerprint density at radius 1 is 0.309 bits per heavy atom. The molecule has 0 heterocycles. The summed E-state index contributed by atoms with van der Waals surface area (Å²) in [5.74, 6) is -0.873. The van der Waals surface area contributed by atoms with Gasteiger partial charge in [0.15, 0.2) is 6.10 Å². The van der Waals surface area contributed by atoms with Gasteiger partial charge in [-0.05, 0) is 83.5 Å². The maximum Gasteiger partial charge on any atom is 0.306 e. The third-order valence-corrected chi connectivity index (χ3v) is 12.8. The number of carbonyl (C=O) groups is 3. The molecule has 6 heteroatoms. The van der Waals surface area contributed by atoms with Gasteiger partial charge in [0.05, 0.1) is 0 Å². The Morgan fingerprint density at radius 3 is 0.941 bits per heavy atom. The minimum absolute atomic E-state index is 0.0746. The predicted molar refractivity (Wildman–Crippen MR) is 293 cm³/mol. The number of ether oxygens (including phenoxy) is 3. The molecule has 68 heavy (non-hydrogen) atoms. The van der Waals surface area contributed by atoms with Gasteiger partial charge in [0.1, 0.15) is 13.2 Å². The van der Waals surface area contributed by atoms with E-state index in [1.165, 1.54) is 167 Å². The number of carbonyl (C=O) groups excluding carboxylic acids is 3. The van der Waals surface area contributed by atoms with Crippen molar-refractivity contribution < 1.29 is 28.6 Å². The van der Waals surface area contributed by atoms with E-state index < -0.39 is 6.10 Å². The summed E-state index contributed by atoms with van der Waals surface area (Å²) in [6.45, 7) is 6.52. The minimum atomic E-state index is -0.775. The van der Waals surface area contributed by atoms with Crippen molar-refractivity contribution in [1.29, 1.82) is 0 Å². The largest absolute Gasteiger partial charge is 0.462 e. The molecular weight excluding hydrogens is 841 g/mol. The second-order valence-electron chi connectivity index (χ2n) is 19.5. The first-order chi connectivity index (χ1) is 33.5. The third-order valence-electron chi connectivity index (χ3n) is 12.8. The van der Waals surface area contributed by atoms with Gasteiger partial charge in [-0.1, -0.05) is 255 Å². The lowest BCUT2D eigenvalue weighted by Gasteiger charge is -2.18. The van der Waals surface area contributed by atoms with Gasteiger partial charge in [0.2, 0.25) is 0 Å². The highest BCUT2D eigenvalue weighted by molar-refractivity contribution is 5.71. The number of unbranched alkanes of at least 4 members (excludes halogenated alkanes) is 32. The number of allylic oxidation sites excluding steroid dienone is 10. The molecule has 0 aromatic carbocycles. The quantitative estimate of drug-likeness (QED) is 0.0262. The van der Waals surface area contributed by atoms with Crippen LogP contribution in [-0.2, 0) is 28.6 Å². The van der Waals surface area contributed by atoms with Gasteiger partial charge in [0.25, 0.3) is 0 Å². The lowest BCUT2D eigenvalue weighted by molar-refractivity contribution is -0.167. The van der Waals surface area contributed by atoms with Gasteiger partial charge in [-0.2, -0.15) is 0 Å². The Hall–Kier alpha value is -2.89. The fraction of sp³-hybridized carbons (Fsp3) is 0.790. The Balaban J connectivity index is 4.23.